The van der Waals surface area contributed by atoms with E-state index in [0.29, 0.717) is 11.3 Å². The van der Waals surface area contributed by atoms with Gasteiger partial charge in [-0.15, -0.1) is 0 Å². The Morgan fingerprint density at radius 3 is 1.15 bits per heavy atom. The Balaban J connectivity index is 3.76. The van der Waals surface area contributed by atoms with Gasteiger partial charge in [-0.1, -0.05) is 12.1 Å². The van der Waals surface area contributed by atoms with Crippen LogP contribution in [0.2, 0.25) is 0 Å². The van der Waals surface area contributed by atoms with Crippen LogP contribution in [-0.2, 0) is 33.8 Å². The molecule has 0 saturated carbocycles. The zero-order valence-corrected chi connectivity index (χ0v) is 25.2. The number of benzene rings is 1. The standard InChI is InChI=1S/C13H29N3O18P6/c14-10-3-1-9(2-4-10)5-6-15(11(35(17,18)19)36(20,21)22)7-8-16(12(37(23,24)25)38(26,27)28)13(39(29,30)31)40(32,33)34/h1-4,11-13H,5-8,14H2,(H2,17,18,19)(H2,20,21,22)(H2,23,24,25)(H2,26,27,28)(H2,29,30,31)(H2,32,33,34). The molecule has 0 saturated heterocycles. The summed E-state index contributed by atoms with van der Waals surface area (Å²) in [5.41, 5.74) is -4.01. The Bertz CT molecular complexity index is 1190. The van der Waals surface area contributed by atoms with E-state index in [1.165, 1.54) is 24.3 Å². The van der Waals surface area contributed by atoms with Crippen LogP contribution in [0, 0.1) is 0 Å². The van der Waals surface area contributed by atoms with Gasteiger partial charge in [-0.2, -0.15) is 0 Å². The lowest BCUT2D eigenvalue weighted by Crippen LogP contribution is -2.48. The second-order valence-corrected chi connectivity index (χ2v) is 19.6. The third-order valence-corrected chi connectivity index (χ3v) is 15.9. The maximum Gasteiger partial charge on any atom is 0.355 e. The van der Waals surface area contributed by atoms with E-state index in [2.05, 4.69) is 0 Å². The van der Waals surface area contributed by atoms with Crippen molar-refractivity contribution >= 4 is 51.3 Å². The first-order valence-electron chi connectivity index (χ1n) is 10.2. The average Bonchev–Trinajstić information content (AvgIpc) is 2.64. The van der Waals surface area contributed by atoms with Gasteiger partial charge in [0.2, 0.25) is 16.6 Å². The van der Waals surface area contributed by atoms with Crippen LogP contribution in [0.25, 0.3) is 0 Å². The molecule has 0 bridgehead atoms. The van der Waals surface area contributed by atoms with Gasteiger partial charge in [0, 0.05) is 25.3 Å². The van der Waals surface area contributed by atoms with Crippen molar-refractivity contribution < 1.29 is 86.1 Å². The van der Waals surface area contributed by atoms with Gasteiger partial charge in [0.05, 0.1) is 0 Å². The predicted octanol–water partition coefficient (Wildman–Crippen LogP) is -1.67. The fourth-order valence-electron chi connectivity index (χ4n) is 3.68. The number of anilines is 1. The van der Waals surface area contributed by atoms with Gasteiger partial charge in [-0.05, 0) is 24.1 Å². The van der Waals surface area contributed by atoms with E-state index in [4.69, 9.17) is 5.73 Å². The summed E-state index contributed by atoms with van der Waals surface area (Å²) >= 11 is 0. The molecule has 0 unspecified atom stereocenters. The number of hydrogen-bond acceptors (Lipinski definition) is 9. The second kappa shape index (κ2) is 13.2. The van der Waals surface area contributed by atoms with Crippen LogP contribution < -0.4 is 5.73 Å². The molecule has 21 nitrogen and oxygen atoms in total. The van der Waals surface area contributed by atoms with E-state index in [1.807, 2.05) is 0 Å². The molecule has 1 aromatic rings. The van der Waals surface area contributed by atoms with Crippen LogP contribution in [0.3, 0.4) is 0 Å². The lowest BCUT2D eigenvalue weighted by atomic mass is 10.1. The summed E-state index contributed by atoms with van der Waals surface area (Å²) in [7, 11) is -36.5. The van der Waals surface area contributed by atoms with Crippen LogP contribution in [0.15, 0.2) is 24.3 Å². The third-order valence-electron chi connectivity index (χ3n) is 5.04. The molecule has 0 aromatic heterocycles. The van der Waals surface area contributed by atoms with E-state index in [9.17, 15) is 86.1 Å². The summed E-state index contributed by atoms with van der Waals surface area (Å²) in [5, 5.41) is 0. The van der Waals surface area contributed by atoms with Gasteiger partial charge in [-0.25, -0.2) is 0 Å². The lowest BCUT2D eigenvalue weighted by Gasteiger charge is -2.40. The van der Waals surface area contributed by atoms with E-state index in [0.717, 1.165) is 0 Å². The van der Waals surface area contributed by atoms with Crippen molar-refractivity contribution in [1.29, 1.82) is 0 Å². The quantitative estimate of drug-likeness (QED) is 0.0718. The Morgan fingerprint density at radius 2 is 0.850 bits per heavy atom. The van der Waals surface area contributed by atoms with Gasteiger partial charge in [0.1, 0.15) is 0 Å². The molecule has 1 aromatic carbocycles. The zero-order chi connectivity index (χ0) is 31.7. The molecule has 0 spiro atoms. The van der Waals surface area contributed by atoms with Crippen LogP contribution in [0.1, 0.15) is 5.56 Å². The predicted molar refractivity (Wildman–Crippen MR) is 136 cm³/mol. The minimum Gasteiger partial charge on any atom is -0.399 e. The minimum atomic E-state index is -6.22. The zero-order valence-electron chi connectivity index (χ0n) is 19.8. The molecule has 40 heavy (non-hydrogen) atoms. The fourth-order valence-corrected chi connectivity index (χ4v) is 12.7. The monoisotopic (exact) mass is 701 g/mol. The van der Waals surface area contributed by atoms with Gasteiger partial charge < -0.3 is 64.5 Å². The highest BCUT2D eigenvalue weighted by Gasteiger charge is 2.58. The van der Waals surface area contributed by atoms with Crippen molar-refractivity contribution in [3.05, 3.63) is 29.8 Å². The van der Waals surface area contributed by atoms with Gasteiger partial charge in [-0.3, -0.25) is 37.2 Å². The first-order valence-corrected chi connectivity index (χ1v) is 20.3. The van der Waals surface area contributed by atoms with Crippen LogP contribution in [-0.4, -0.2) is 105 Å². The van der Waals surface area contributed by atoms with Gasteiger partial charge >= 0.3 is 45.6 Å². The van der Waals surface area contributed by atoms with Crippen LogP contribution in [0.4, 0.5) is 5.69 Å². The summed E-state index contributed by atoms with van der Waals surface area (Å²) in [4.78, 5) is 115. The topological polar surface area (TPSA) is 378 Å². The Labute approximate surface area is 225 Å². The fraction of sp³-hybridized carbons (Fsp3) is 0.538. The van der Waals surface area contributed by atoms with Crippen LogP contribution in [0.5, 0.6) is 0 Å². The molecule has 0 aliphatic carbocycles. The Hall–Kier alpha value is -0.160. The number of nitrogens with two attached hydrogens (primary N) is 1. The smallest absolute Gasteiger partial charge is 0.355 e. The first-order chi connectivity index (χ1) is 17.6. The molecule has 0 radical (unpaired) electrons. The highest BCUT2D eigenvalue weighted by molar-refractivity contribution is 7.72. The number of nitrogen functional groups attached to an aromatic ring is 1. The maximum atomic E-state index is 12.1. The second-order valence-electron chi connectivity index (χ2n) is 8.34. The molecular formula is C13H29N3O18P6. The van der Waals surface area contributed by atoms with Crippen molar-refractivity contribution in [3.63, 3.8) is 0 Å². The largest absolute Gasteiger partial charge is 0.399 e. The van der Waals surface area contributed by atoms with Crippen molar-refractivity contribution in [2.75, 3.05) is 25.4 Å². The van der Waals surface area contributed by atoms with E-state index >= 15 is 0 Å². The molecular weight excluding hydrogens is 672 g/mol. The summed E-state index contributed by atoms with van der Waals surface area (Å²) in [6, 6.07) is 5.58. The molecule has 0 amide bonds. The highest BCUT2D eigenvalue weighted by Crippen LogP contribution is 2.69. The Kier molecular flexibility index (Phi) is 12.5. The van der Waals surface area contributed by atoms with Crippen molar-refractivity contribution in [2.45, 2.75) is 23.0 Å². The van der Waals surface area contributed by atoms with Crippen LogP contribution >= 0.6 is 45.6 Å². The minimum absolute atomic E-state index is 0.266. The summed E-state index contributed by atoms with van der Waals surface area (Å²) in [6.45, 7) is -3.62. The number of nitrogens with zero attached hydrogens (tertiary/aromatic N) is 2. The molecule has 0 heterocycles. The summed E-state index contributed by atoms with van der Waals surface area (Å²) < 4.78 is 72.1. The molecule has 0 aliphatic heterocycles. The normalized spacial score (nSPS) is 14.7. The number of hydrogen-bond donors (Lipinski definition) is 13. The first kappa shape index (κ1) is 37.9. The molecule has 1 rings (SSSR count). The molecule has 14 N–H and O–H groups in total. The third kappa shape index (κ3) is 11.2. The lowest BCUT2D eigenvalue weighted by molar-refractivity contribution is 0.162. The molecule has 0 aliphatic rings. The maximum absolute atomic E-state index is 12.1. The van der Waals surface area contributed by atoms with Gasteiger partial charge in [0.15, 0.2) is 0 Å². The van der Waals surface area contributed by atoms with Crippen molar-refractivity contribution in [1.82, 2.24) is 9.80 Å². The number of rotatable bonds is 15. The van der Waals surface area contributed by atoms with Crippen molar-refractivity contribution in [3.8, 4) is 0 Å². The average molecular weight is 701 g/mol. The summed E-state index contributed by atoms with van der Waals surface area (Å²) in [6.07, 6.45) is -0.266. The van der Waals surface area contributed by atoms with E-state index < -0.39 is 86.7 Å². The molecule has 0 atom stereocenters. The summed E-state index contributed by atoms with van der Waals surface area (Å²) in [5.74, 6) is 0. The van der Waals surface area contributed by atoms with Gasteiger partial charge in [0.25, 0.3) is 0 Å². The van der Waals surface area contributed by atoms with Crippen molar-refractivity contribution in [2.24, 2.45) is 0 Å². The highest BCUT2D eigenvalue weighted by atomic mass is 31.2. The van der Waals surface area contributed by atoms with E-state index in [-0.39, 0.29) is 11.3 Å². The Morgan fingerprint density at radius 1 is 0.525 bits per heavy atom. The molecule has 27 heteroatoms. The molecule has 234 valence electrons. The SMILES string of the molecule is Nc1ccc(CCN(CCN(C(P(=O)(O)O)P(=O)(O)O)C(P(=O)(O)O)P(=O)(O)O)C(P(=O)(O)O)P(=O)(O)O)cc1. The van der Waals surface area contributed by atoms with E-state index in [1.54, 1.807) is 0 Å². The molecule has 0 fully saturated rings.